The van der Waals surface area contributed by atoms with E-state index in [9.17, 15) is 0 Å². The van der Waals surface area contributed by atoms with E-state index in [0.717, 1.165) is 31.7 Å². The highest BCUT2D eigenvalue weighted by Crippen LogP contribution is 2.20. The lowest BCUT2D eigenvalue weighted by molar-refractivity contribution is 0.0531. The third-order valence-corrected chi connectivity index (χ3v) is 3.96. The highest BCUT2D eigenvalue weighted by molar-refractivity contribution is 5.39. The van der Waals surface area contributed by atoms with E-state index >= 15 is 0 Å². The Balaban J connectivity index is 1.78. The smallest absolute Gasteiger partial charge is 0.128 e. The summed E-state index contributed by atoms with van der Waals surface area (Å²) in [5.74, 6) is 1.08. The standard InChI is InChI=1S/C19H26N2O/c1-4-6-7-17(5-2)15-22-18-10-12-21(13-11-18)19-9-8-16(3)14-20-19/h4-9,14,18H,1,10-13,15H2,2-3H3/b7-6-,17-5+. The SMILES string of the molecule is C=C/C=C\C(=C/C)COC1CCN(c2ccc(C)cn2)CC1. The Kier molecular flexibility index (Phi) is 6.41. The zero-order chi connectivity index (χ0) is 15.8. The van der Waals surface area contributed by atoms with Crippen LogP contribution in [0.2, 0.25) is 0 Å². The zero-order valence-corrected chi connectivity index (χ0v) is 13.7. The number of piperidine rings is 1. The Morgan fingerprint density at radius 1 is 1.41 bits per heavy atom. The first-order valence-corrected chi connectivity index (χ1v) is 7.96. The second-order valence-corrected chi connectivity index (χ2v) is 5.65. The van der Waals surface area contributed by atoms with Gasteiger partial charge in [0.05, 0.1) is 12.7 Å². The van der Waals surface area contributed by atoms with Gasteiger partial charge in [-0.25, -0.2) is 4.98 Å². The predicted octanol–water partition coefficient (Wildman–Crippen LogP) is 4.06. The number of pyridine rings is 1. The molecule has 0 aliphatic carbocycles. The summed E-state index contributed by atoms with van der Waals surface area (Å²) in [6.07, 6.45) is 12.3. The van der Waals surface area contributed by atoms with Crippen molar-refractivity contribution in [1.82, 2.24) is 4.98 Å². The molecule has 0 atom stereocenters. The Morgan fingerprint density at radius 2 is 2.18 bits per heavy atom. The molecule has 22 heavy (non-hydrogen) atoms. The summed E-state index contributed by atoms with van der Waals surface area (Å²) in [7, 11) is 0. The summed E-state index contributed by atoms with van der Waals surface area (Å²) in [5, 5.41) is 0. The molecule has 0 spiro atoms. The van der Waals surface area contributed by atoms with Gasteiger partial charge < -0.3 is 9.64 Å². The van der Waals surface area contributed by atoms with Crippen molar-refractivity contribution in [3.63, 3.8) is 0 Å². The van der Waals surface area contributed by atoms with E-state index in [1.54, 1.807) is 6.08 Å². The summed E-state index contributed by atoms with van der Waals surface area (Å²) in [6, 6.07) is 4.23. The number of allylic oxidation sites excluding steroid dienone is 3. The molecule has 2 heterocycles. The fourth-order valence-corrected chi connectivity index (χ4v) is 2.53. The number of ether oxygens (including phenoxy) is 1. The number of aryl methyl sites for hydroxylation is 1. The van der Waals surface area contributed by atoms with Gasteiger partial charge in [-0.15, -0.1) is 0 Å². The number of aromatic nitrogens is 1. The molecule has 0 radical (unpaired) electrons. The van der Waals surface area contributed by atoms with Crippen LogP contribution in [-0.2, 0) is 4.74 Å². The van der Waals surface area contributed by atoms with Gasteiger partial charge in [0.1, 0.15) is 5.82 Å². The number of anilines is 1. The number of rotatable bonds is 6. The first-order chi connectivity index (χ1) is 10.7. The summed E-state index contributed by atoms with van der Waals surface area (Å²) in [6.45, 7) is 10.5. The van der Waals surface area contributed by atoms with E-state index in [4.69, 9.17) is 4.74 Å². The van der Waals surface area contributed by atoms with Crippen molar-refractivity contribution < 1.29 is 4.74 Å². The highest BCUT2D eigenvalue weighted by Gasteiger charge is 2.20. The van der Waals surface area contributed by atoms with E-state index in [-0.39, 0.29) is 0 Å². The molecule has 1 aromatic heterocycles. The number of hydrogen-bond donors (Lipinski definition) is 0. The monoisotopic (exact) mass is 298 g/mol. The van der Waals surface area contributed by atoms with Gasteiger partial charge in [-0.3, -0.25) is 0 Å². The van der Waals surface area contributed by atoms with Crippen molar-refractivity contribution >= 4 is 5.82 Å². The molecule has 1 fully saturated rings. The molecule has 0 N–H and O–H groups in total. The molecule has 1 aliphatic heterocycles. The van der Waals surface area contributed by atoms with Crippen molar-refractivity contribution in [1.29, 1.82) is 0 Å². The fraction of sp³-hybridized carbons (Fsp3) is 0.421. The van der Waals surface area contributed by atoms with E-state index in [0.29, 0.717) is 12.7 Å². The molecular weight excluding hydrogens is 272 g/mol. The van der Waals surface area contributed by atoms with Crippen LogP contribution in [0.5, 0.6) is 0 Å². The molecule has 0 amide bonds. The maximum Gasteiger partial charge on any atom is 0.128 e. The van der Waals surface area contributed by atoms with Crippen molar-refractivity contribution in [2.75, 3.05) is 24.6 Å². The maximum absolute atomic E-state index is 6.04. The Morgan fingerprint density at radius 3 is 2.77 bits per heavy atom. The van der Waals surface area contributed by atoms with Gasteiger partial charge in [0.25, 0.3) is 0 Å². The van der Waals surface area contributed by atoms with Crippen molar-refractivity contribution in [3.8, 4) is 0 Å². The quantitative estimate of drug-likeness (QED) is 0.740. The second kappa shape index (κ2) is 8.54. The van der Waals surface area contributed by atoms with Gasteiger partial charge in [-0.1, -0.05) is 36.9 Å². The second-order valence-electron chi connectivity index (χ2n) is 5.65. The highest BCUT2D eigenvalue weighted by atomic mass is 16.5. The number of hydrogen-bond acceptors (Lipinski definition) is 3. The lowest BCUT2D eigenvalue weighted by Crippen LogP contribution is -2.37. The molecule has 3 heteroatoms. The van der Waals surface area contributed by atoms with E-state index in [1.165, 1.54) is 11.1 Å². The van der Waals surface area contributed by atoms with Gasteiger partial charge in [0.15, 0.2) is 0 Å². The minimum absolute atomic E-state index is 0.341. The molecule has 0 bridgehead atoms. The molecule has 1 aliphatic rings. The average Bonchev–Trinajstić information content (AvgIpc) is 2.56. The van der Waals surface area contributed by atoms with E-state index in [1.807, 2.05) is 19.2 Å². The Bertz CT molecular complexity index is 523. The molecule has 118 valence electrons. The minimum atomic E-state index is 0.341. The van der Waals surface area contributed by atoms with Crippen molar-refractivity contribution in [2.24, 2.45) is 0 Å². The summed E-state index contributed by atoms with van der Waals surface area (Å²) < 4.78 is 6.04. The minimum Gasteiger partial charge on any atom is -0.373 e. The van der Waals surface area contributed by atoms with Crippen LogP contribution in [0.15, 0.2) is 54.8 Å². The van der Waals surface area contributed by atoms with Crippen LogP contribution in [0.4, 0.5) is 5.82 Å². The average molecular weight is 298 g/mol. The Labute approximate surface area is 134 Å². The van der Waals surface area contributed by atoms with Crippen molar-refractivity contribution in [2.45, 2.75) is 32.8 Å². The molecule has 2 rings (SSSR count). The van der Waals surface area contributed by atoms with Gasteiger partial charge in [0, 0.05) is 19.3 Å². The molecule has 1 saturated heterocycles. The summed E-state index contributed by atoms with van der Waals surface area (Å²) >= 11 is 0. The normalized spacial score (nSPS) is 17.2. The third-order valence-electron chi connectivity index (χ3n) is 3.96. The first-order valence-electron chi connectivity index (χ1n) is 7.96. The topological polar surface area (TPSA) is 25.4 Å². The molecule has 0 aromatic carbocycles. The maximum atomic E-state index is 6.04. The summed E-state index contributed by atoms with van der Waals surface area (Å²) in [4.78, 5) is 6.85. The van der Waals surface area contributed by atoms with Gasteiger partial charge in [0.2, 0.25) is 0 Å². The first kappa shape index (κ1) is 16.5. The van der Waals surface area contributed by atoms with Crippen LogP contribution in [0, 0.1) is 6.92 Å². The van der Waals surface area contributed by atoms with Crippen LogP contribution < -0.4 is 4.90 Å². The van der Waals surface area contributed by atoms with Crippen LogP contribution in [-0.4, -0.2) is 30.8 Å². The van der Waals surface area contributed by atoms with Crippen LogP contribution >= 0.6 is 0 Å². The van der Waals surface area contributed by atoms with Crippen LogP contribution in [0.1, 0.15) is 25.3 Å². The predicted molar refractivity (Wildman–Crippen MR) is 93.3 cm³/mol. The summed E-state index contributed by atoms with van der Waals surface area (Å²) in [5.41, 5.74) is 2.40. The lowest BCUT2D eigenvalue weighted by atomic mass is 10.1. The molecular formula is C19H26N2O. The lowest BCUT2D eigenvalue weighted by Gasteiger charge is -2.32. The van der Waals surface area contributed by atoms with Gasteiger partial charge in [-0.2, -0.15) is 0 Å². The van der Waals surface area contributed by atoms with E-state index in [2.05, 4.69) is 47.7 Å². The third kappa shape index (κ3) is 4.85. The van der Waals surface area contributed by atoms with Gasteiger partial charge >= 0.3 is 0 Å². The largest absolute Gasteiger partial charge is 0.373 e. The van der Waals surface area contributed by atoms with E-state index < -0.39 is 0 Å². The van der Waals surface area contributed by atoms with Crippen molar-refractivity contribution in [3.05, 3.63) is 60.3 Å². The number of nitrogens with zero attached hydrogens (tertiary/aromatic N) is 2. The molecule has 0 saturated carbocycles. The Hall–Kier alpha value is -1.87. The molecule has 1 aromatic rings. The zero-order valence-electron chi connectivity index (χ0n) is 13.7. The fourth-order valence-electron chi connectivity index (χ4n) is 2.53. The molecule has 3 nitrogen and oxygen atoms in total. The molecule has 0 unspecified atom stereocenters. The van der Waals surface area contributed by atoms with Crippen LogP contribution in [0.3, 0.4) is 0 Å². The van der Waals surface area contributed by atoms with Gasteiger partial charge in [-0.05, 0) is 43.9 Å². The van der Waals surface area contributed by atoms with Crippen LogP contribution in [0.25, 0.3) is 0 Å².